The van der Waals surface area contributed by atoms with E-state index in [2.05, 4.69) is 17.4 Å². The van der Waals surface area contributed by atoms with Gasteiger partial charge in [0.2, 0.25) is 0 Å². The number of carboxylic acids is 1. The van der Waals surface area contributed by atoms with Gasteiger partial charge in [-0.25, -0.2) is 9.59 Å². The van der Waals surface area contributed by atoms with Gasteiger partial charge in [0, 0.05) is 24.6 Å². The van der Waals surface area contributed by atoms with Crippen molar-refractivity contribution in [2.75, 3.05) is 13.2 Å². The van der Waals surface area contributed by atoms with Crippen LogP contribution in [0.25, 0.3) is 17.2 Å². The summed E-state index contributed by atoms with van der Waals surface area (Å²) in [5.41, 5.74) is 4.31. The number of nitro benzene ring substituents is 1. The number of hydrogen-bond acceptors (Lipinski definition) is 5. The molecule has 1 amide bonds. The van der Waals surface area contributed by atoms with E-state index in [9.17, 15) is 24.8 Å². The first-order chi connectivity index (χ1) is 16.0. The summed E-state index contributed by atoms with van der Waals surface area (Å²) in [7, 11) is 0. The number of hydrogen-bond donors (Lipinski definition) is 2. The van der Waals surface area contributed by atoms with Crippen LogP contribution in [0.1, 0.15) is 33.0 Å². The minimum Gasteiger partial charge on any atom is -0.478 e. The maximum atomic E-state index is 12.2. The van der Waals surface area contributed by atoms with E-state index in [0.29, 0.717) is 5.56 Å². The predicted octanol–water partition coefficient (Wildman–Crippen LogP) is 4.84. The molecule has 0 unspecified atom stereocenters. The molecule has 0 saturated carbocycles. The van der Waals surface area contributed by atoms with Gasteiger partial charge < -0.3 is 15.2 Å². The maximum Gasteiger partial charge on any atom is 0.407 e. The van der Waals surface area contributed by atoms with Crippen molar-refractivity contribution in [1.82, 2.24) is 5.32 Å². The molecule has 0 bridgehead atoms. The quantitative estimate of drug-likeness (QED) is 0.397. The van der Waals surface area contributed by atoms with Gasteiger partial charge in [0.05, 0.1) is 10.5 Å². The zero-order valence-electron chi connectivity index (χ0n) is 17.4. The van der Waals surface area contributed by atoms with Crippen molar-refractivity contribution in [2.24, 2.45) is 0 Å². The van der Waals surface area contributed by atoms with Gasteiger partial charge in [0.25, 0.3) is 5.69 Å². The molecule has 0 aliphatic heterocycles. The van der Waals surface area contributed by atoms with Crippen LogP contribution in [0.5, 0.6) is 0 Å². The molecule has 1 aliphatic carbocycles. The van der Waals surface area contributed by atoms with Crippen molar-refractivity contribution in [3.8, 4) is 11.1 Å². The zero-order chi connectivity index (χ0) is 23.4. The minimum absolute atomic E-state index is 0.0445. The largest absolute Gasteiger partial charge is 0.478 e. The summed E-state index contributed by atoms with van der Waals surface area (Å²) < 4.78 is 5.44. The van der Waals surface area contributed by atoms with E-state index in [1.54, 1.807) is 6.08 Å². The Morgan fingerprint density at radius 3 is 2.27 bits per heavy atom. The van der Waals surface area contributed by atoms with Crippen molar-refractivity contribution < 1.29 is 24.4 Å². The van der Waals surface area contributed by atoms with E-state index in [1.165, 1.54) is 18.2 Å². The summed E-state index contributed by atoms with van der Waals surface area (Å²) in [5, 5.41) is 22.7. The lowest BCUT2D eigenvalue weighted by Crippen LogP contribution is -2.26. The Morgan fingerprint density at radius 2 is 1.67 bits per heavy atom. The van der Waals surface area contributed by atoms with Gasteiger partial charge >= 0.3 is 12.1 Å². The third kappa shape index (κ3) is 4.59. The van der Waals surface area contributed by atoms with Gasteiger partial charge in [-0.1, -0.05) is 60.7 Å². The Balaban J connectivity index is 1.35. The van der Waals surface area contributed by atoms with Crippen molar-refractivity contribution in [2.45, 2.75) is 5.92 Å². The minimum atomic E-state index is -1.28. The van der Waals surface area contributed by atoms with Crippen LogP contribution < -0.4 is 5.32 Å². The highest BCUT2D eigenvalue weighted by Gasteiger charge is 2.28. The lowest BCUT2D eigenvalue weighted by molar-refractivity contribution is -0.384. The molecular formula is C25H20N2O6. The van der Waals surface area contributed by atoms with Gasteiger partial charge in [-0.05, 0) is 33.9 Å². The molecule has 0 heterocycles. The number of ether oxygens (including phenoxy) is 1. The fourth-order valence-corrected chi connectivity index (χ4v) is 3.97. The molecule has 0 radical (unpaired) electrons. The monoisotopic (exact) mass is 444 g/mol. The molecule has 0 spiro atoms. The van der Waals surface area contributed by atoms with Crippen LogP contribution in [0.15, 0.2) is 72.8 Å². The fraction of sp³-hybridized carbons (Fsp3) is 0.120. The molecule has 3 aromatic rings. The molecule has 0 aromatic heterocycles. The number of rotatable bonds is 7. The highest BCUT2D eigenvalue weighted by atomic mass is 16.6. The summed E-state index contributed by atoms with van der Waals surface area (Å²) in [4.78, 5) is 33.8. The second-order valence-electron chi connectivity index (χ2n) is 7.44. The van der Waals surface area contributed by atoms with Gasteiger partial charge in [-0.2, -0.15) is 0 Å². The Bertz CT molecular complexity index is 1220. The van der Waals surface area contributed by atoms with Crippen LogP contribution in [0.2, 0.25) is 0 Å². The van der Waals surface area contributed by atoms with Crippen molar-refractivity contribution >= 4 is 23.8 Å². The van der Waals surface area contributed by atoms with E-state index >= 15 is 0 Å². The first-order valence-electron chi connectivity index (χ1n) is 10.2. The van der Waals surface area contributed by atoms with E-state index in [1.807, 2.05) is 36.4 Å². The van der Waals surface area contributed by atoms with Crippen LogP contribution in [-0.4, -0.2) is 35.2 Å². The molecule has 166 valence electrons. The van der Waals surface area contributed by atoms with Crippen LogP contribution in [0.4, 0.5) is 10.5 Å². The van der Waals surface area contributed by atoms with Crippen LogP contribution in [0.3, 0.4) is 0 Å². The summed E-state index contributed by atoms with van der Waals surface area (Å²) in [6.45, 7) is 0.293. The molecule has 0 fully saturated rings. The van der Waals surface area contributed by atoms with Crippen molar-refractivity contribution in [1.29, 1.82) is 0 Å². The highest BCUT2D eigenvalue weighted by molar-refractivity contribution is 5.93. The SMILES string of the molecule is O=C(NCC=Cc1ccc([N+](=O)[O-])cc1C(=O)O)OCC1c2ccccc2-c2ccccc21. The van der Waals surface area contributed by atoms with Gasteiger partial charge in [-0.3, -0.25) is 10.1 Å². The van der Waals surface area contributed by atoms with Crippen LogP contribution in [-0.2, 0) is 4.74 Å². The summed E-state index contributed by atoms with van der Waals surface area (Å²) >= 11 is 0. The van der Waals surface area contributed by atoms with E-state index in [0.717, 1.165) is 28.3 Å². The molecule has 4 rings (SSSR count). The number of amides is 1. The molecule has 8 heteroatoms. The van der Waals surface area contributed by atoms with E-state index in [4.69, 9.17) is 4.74 Å². The number of benzene rings is 3. The first kappa shape index (κ1) is 21.8. The first-order valence-corrected chi connectivity index (χ1v) is 10.2. The Labute approximate surface area is 189 Å². The highest BCUT2D eigenvalue weighted by Crippen LogP contribution is 2.44. The van der Waals surface area contributed by atoms with Gasteiger partial charge in [0.1, 0.15) is 6.61 Å². The second kappa shape index (κ2) is 9.35. The molecule has 3 aromatic carbocycles. The lowest BCUT2D eigenvalue weighted by atomic mass is 9.98. The third-order valence-corrected chi connectivity index (χ3v) is 5.48. The third-order valence-electron chi connectivity index (χ3n) is 5.48. The van der Waals surface area contributed by atoms with Crippen LogP contribution in [0, 0.1) is 10.1 Å². The average Bonchev–Trinajstić information content (AvgIpc) is 3.14. The molecular weight excluding hydrogens is 424 g/mol. The summed E-state index contributed by atoms with van der Waals surface area (Å²) in [5.74, 6) is -1.32. The smallest absolute Gasteiger partial charge is 0.407 e. The number of carboxylic acid groups (broad SMARTS) is 1. The molecule has 2 N–H and O–H groups in total. The maximum absolute atomic E-state index is 12.2. The number of non-ortho nitro benzene ring substituents is 1. The number of aromatic carboxylic acids is 1. The molecule has 1 aliphatic rings. The standard InChI is InChI=1S/C25H20N2O6/c28-24(29)22-14-17(27(31)32)12-11-16(22)6-5-13-26-25(30)33-15-23-20-9-3-1-7-18(20)19-8-2-4-10-21(19)23/h1-12,14,23H,13,15H2,(H,26,30)(H,28,29). The zero-order valence-corrected chi connectivity index (χ0v) is 17.4. The van der Waals surface area contributed by atoms with Gasteiger partial charge in [0.15, 0.2) is 0 Å². The molecule has 0 saturated heterocycles. The summed E-state index contributed by atoms with van der Waals surface area (Å²) in [6, 6.07) is 19.7. The lowest BCUT2D eigenvalue weighted by Gasteiger charge is -2.14. The van der Waals surface area contributed by atoms with Gasteiger partial charge in [-0.15, -0.1) is 0 Å². The number of nitrogens with zero attached hydrogens (tertiary/aromatic N) is 1. The molecule has 8 nitrogen and oxygen atoms in total. The average molecular weight is 444 g/mol. The number of nitro groups is 1. The van der Waals surface area contributed by atoms with Crippen LogP contribution >= 0.6 is 0 Å². The number of fused-ring (bicyclic) bond motifs is 3. The topological polar surface area (TPSA) is 119 Å². The van der Waals surface area contributed by atoms with E-state index in [-0.39, 0.29) is 30.3 Å². The number of alkyl carbamates (subject to hydrolysis) is 1. The second-order valence-corrected chi connectivity index (χ2v) is 7.44. The fourth-order valence-electron chi connectivity index (χ4n) is 3.97. The predicted molar refractivity (Wildman–Crippen MR) is 122 cm³/mol. The normalized spacial score (nSPS) is 12.2. The summed E-state index contributed by atoms with van der Waals surface area (Å²) in [6.07, 6.45) is 2.44. The Hall–Kier alpha value is -4.46. The number of carbonyl (C=O) groups excluding carboxylic acids is 1. The van der Waals surface area contributed by atoms with Crippen molar-refractivity contribution in [3.05, 3.63) is 105 Å². The molecule has 0 atom stereocenters. The van der Waals surface area contributed by atoms with E-state index < -0.39 is 17.0 Å². The Kier molecular flexibility index (Phi) is 6.17. The molecule has 33 heavy (non-hydrogen) atoms. The Morgan fingerprint density at radius 1 is 1.03 bits per heavy atom. The number of nitrogens with one attached hydrogen (secondary N) is 1. The number of carbonyl (C=O) groups is 2. The van der Waals surface area contributed by atoms with Crippen molar-refractivity contribution in [3.63, 3.8) is 0 Å².